The molecule has 1 amide bonds. The number of halogens is 1. The lowest BCUT2D eigenvalue weighted by molar-refractivity contribution is 0.0992. The molecule has 1 aromatic heterocycles. The molecule has 2 rings (SSSR count). The van der Waals surface area contributed by atoms with Crippen molar-refractivity contribution in [2.24, 2.45) is 0 Å². The van der Waals surface area contributed by atoms with Crippen LogP contribution in [0.15, 0.2) is 36.4 Å². The van der Waals surface area contributed by atoms with Crippen LogP contribution in [0.1, 0.15) is 10.4 Å². The summed E-state index contributed by atoms with van der Waals surface area (Å²) in [7, 11) is 4.98. The third-order valence-electron chi connectivity index (χ3n) is 3.05. The maximum atomic E-state index is 12.6. The number of anilines is 2. The second-order valence-electron chi connectivity index (χ2n) is 4.35. The van der Waals surface area contributed by atoms with Crippen molar-refractivity contribution in [3.63, 3.8) is 0 Å². The predicted octanol–water partition coefficient (Wildman–Crippen LogP) is 3.06. The Morgan fingerprint density at radius 1 is 1.33 bits per heavy atom. The molecule has 2 aromatic rings. The minimum absolute atomic E-state index is 0.194. The number of carbonyl (C=O) groups excluding carboxylic acids is 1. The molecule has 1 N–H and O–H groups in total. The van der Waals surface area contributed by atoms with Gasteiger partial charge < -0.3 is 15.0 Å². The van der Waals surface area contributed by atoms with E-state index in [1.54, 1.807) is 33.3 Å². The molecule has 0 saturated carbocycles. The first-order valence-corrected chi connectivity index (χ1v) is 6.71. The summed E-state index contributed by atoms with van der Waals surface area (Å²) >= 11 is 5.94. The van der Waals surface area contributed by atoms with Gasteiger partial charge in [0.25, 0.3) is 5.91 Å². The summed E-state index contributed by atoms with van der Waals surface area (Å²) in [5.41, 5.74) is 1.14. The monoisotopic (exact) mass is 305 g/mol. The number of benzene rings is 1. The van der Waals surface area contributed by atoms with Gasteiger partial charge in [0, 0.05) is 19.7 Å². The van der Waals surface area contributed by atoms with Gasteiger partial charge in [-0.3, -0.25) is 4.79 Å². The number of hydrogen-bond acceptors (Lipinski definition) is 4. The molecule has 0 saturated heterocycles. The fourth-order valence-corrected chi connectivity index (χ4v) is 2.17. The molecule has 0 aliphatic heterocycles. The van der Waals surface area contributed by atoms with Gasteiger partial charge in [0.15, 0.2) is 0 Å². The lowest BCUT2D eigenvalue weighted by atomic mass is 10.2. The lowest BCUT2D eigenvalue weighted by Gasteiger charge is -2.20. The normalized spacial score (nSPS) is 10.1. The first-order valence-electron chi connectivity index (χ1n) is 6.33. The predicted molar refractivity (Wildman–Crippen MR) is 84.5 cm³/mol. The first kappa shape index (κ1) is 15.1. The Hall–Kier alpha value is -2.27. The number of hydrogen-bond donors (Lipinski definition) is 1. The maximum Gasteiger partial charge on any atom is 0.258 e. The molecule has 5 nitrogen and oxygen atoms in total. The van der Waals surface area contributed by atoms with Gasteiger partial charge in [-0.1, -0.05) is 23.7 Å². The number of nitrogens with zero attached hydrogens (tertiary/aromatic N) is 2. The summed E-state index contributed by atoms with van der Waals surface area (Å²) in [6, 6.07) is 10.5. The smallest absolute Gasteiger partial charge is 0.258 e. The van der Waals surface area contributed by atoms with Crippen LogP contribution in [0.4, 0.5) is 11.5 Å². The van der Waals surface area contributed by atoms with Crippen LogP contribution < -0.4 is 15.0 Å². The molecule has 21 heavy (non-hydrogen) atoms. The molecular formula is C15H16ClN3O2. The van der Waals surface area contributed by atoms with Crippen molar-refractivity contribution >= 4 is 29.0 Å². The molecule has 6 heteroatoms. The average Bonchev–Trinajstić information content (AvgIpc) is 2.52. The molecule has 0 spiro atoms. The standard InChI is InChI=1S/C15H16ClN3O2/c1-17-14-9-10(8-13(16)18-14)15(20)19(2)11-6-4-5-7-12(11)21-3/h4-9H,1-3H3,(H,17,18). The first-order chi connectivity index (χ1) is 10.1. The van der Waals surface area contributed by atoms with Crippen LogP contribution in [0, 0.1) is 0 Å². The van der Waals surface area contributed by atoms with E-state index < -0.39 is 0 Å². The molecule has 0 atom stereocenters. The summed E-state index contributed by atoms with van der Waals surface area (Å²) in [6.07, 6.45) is 0. The summed E-state index contributed by atoms with van der Waals surface area (Å²) in [4.78, 5) is 18.2. The zero-order valence-electron chi connectivity index (χ0n) is 12.1. The van der Waals surface area contributed by atoms with Crippen LogP contribution in [-0.2, 0) is 0 Å². The van der Waals surface area contributed by atoms with Gasteiger partial charge in [0.2, 0.25) is 0 Å². The average molecular weight is 306 g/mol. The number of methoxy groups -OCH3 is 1. The second-order valence-corrected chi connectivity index (χ2v) is 4.74. The Bertz CT molecular complexity index is 661. The summed E-state index contributed by atoms with van der Waals surface area (Å²) in [6.45, 7) is 0. The van der Waals surface area contributed by atoms with Gasteiger partial charge in [-0.2, -0.15) is 0 Å². The van der Waals surface area contributed by atoms with Crippen LogP contribution in [0.3, 0.4) is 0 Å². The van der Waals surface area contributed by atoms with E-state index in [0.29, 0.717) is 22.8 Å². The van der Waals surface area contributed by atoms with Gasteiger partial charge in [-0.15, -0.1) is 0 Å². The van der Waals surface area contributed by atoms with Gasteiger partial charge in [0.05, 0.1) is 12.8 Å². The molecule has 0 radical (unpaired) electrons. The number of ether oxygens (including phenoxy) is 1. The summed E-state index contributed by atoms with van der Waals surface area (Å²) in [5, 5.41) is 3.14. The van der Waals surface area contributed by atoms with E-state index in [4.69, 9.17) is 16.3 Å². The number of aromatic nitrogens is 1. The minimum atomic E-state index is -0.194. The molecule has 0 unspecified atom stereocenters. The fraction of sp³-hybridized carbons (Fsp3) is 0.200. The number of carbonyl (C=O) groups is 1. The third kappa shape index (κ3) is 3.25. The van der Waals surface area contributed by atoms with E-state index in [2.05, 4.69) is 10.3 Å². The van der Waals surface area contributed by atoms with Crippen molar-refractivity contribution in [3.05, 3.63) is 47.1 Å². The molecule has 1 aromatic carbocycles. The Labute approximate surface area is 128 Å². The van der Waals surface area contributed by atoms with Crippen LogP contribution in [-0.4, -0.2) is 32.1 Å². The van der Waals surface area contributed by atoms with Crippen molar-refractivity contribution in [2.45, 2.75) is 0 Å². The highest BCUT2D eigenvalue weighted by Gasteiger charge is 2.18. The number of rotatable bonds is 4. The molecule has 110 valence electrons. The van der Waals surface area contributed by atoms with Crippen molar-refractivity contribution < 1.29 is 9.53 Å². The number of para-hydroxylation sites is 2. The largest absolute Gasteiger partial charge is 0.495 e. The highest BCUT2D eigenvalue weighted by atomic mass is 35.5. The molecule has 1 heterocycles. The maximum absolute atomic E-state index is 12.6. The Kier molecular flexibility index (Phi) is 4.65. The van der Waals surface area contributed by atoms with Crippen molar-refractivity contribution in [1.29, 1.82) is 0 Å². The second kappa shape index (κ2) is 6.45. The van der Waals surface area contributed by atoms with Crippen LogP contribution in [0.2, 0.25) is 5.15 Å². The fourth-order valence-electron chi connectivity index (χ4n) is 1.96. The van der Waals surface area contributed by atoms with Crippen molar-refractivity contribution in [2.75, 3.05) is 31.4 Å². The Morgan fingerprint density at radius 3 is 2.71 bits per heavy atom. The van der Waals surface area contributed by atoms with Crippen molar-refractivity contribution in [1.82, 2.24) is 4.98 Å². The molecule has 0 bridgehead atoms. The van der Waals surface area contributed by atoms with Gasteiger partial charge in [-0.25, -0.2) is 4.98 Å². The molecular weight excluding hydrogens is 290 g/mol. The highest BCUT2D eigenvalue weighted by Crippen LogP contribution is 2.28. The van der Waals surface area contributed by atoms with Crippen LogP contribution >= 0.6 is 11.6 Å². The molecule has 0 fully saturated rings. The summed E-state index contributed by atoms with van der Waals surface area (Å²) < 4.78 is 5.28. The van der Waals surface area contributed by atoms with Gasteiger partial charge >= 0.3 is 0 Å². The SMILES string of the molecule is CNc1cc(C(=O)N(C)c2ccccc2OC)cc(Cl)n1. The number of pyridine rings is 1. The third-order valence-corrected chi connectivity index (χ3v) is 3.24. The Balaban J connectivity index is 2.37. The molecule has 0 aliphatic rings. The van der Waals surface area contributed by atoms with Gasteiger partial charge in [0.1, 0.15) is 16.7 Å². The molecule has 0 aliphatic carbocycles. The highest BCUT2D eigenvalue weighted by molar-refractivity contribution is 6.30. The zero-order valence-corrected chi connectivity index (χ0v) is 12.8. The van der Waals surface area contributed by atoms with E-state index >= 15 is 0 Å². The van der Waals surface area contributed by atoms with E-state index in [0.717, 1.165) is 0 Å². The van der Waals surface area contributed by atoms with E-state index in [1.165, 1.54) is 11.0 Å². The van der Waals surface area contributed by atoms with Gasteiger partial charge in [-0.05, 0) is 24.3 Å². The van der Waals surface area contributed by atoms with Crippen LogP contribution in [0.25, 0.3) is 0 Å². The van der Waals surface area contributed by atoms with Crippen molar-refractivity contribution in [3.8, 4) is 5.75 Å². The zero-order chi connectivity index (χ0) is 15.4. The topological polar surface area (TPSA) is 54.5 Å². The lowest BCUT2D eigenvalue weighted by Crippen LogP contribution is -2.26. The van der Waals surface area contributed by atoms with E-state index in [1.807, 2.05) is 18.2 Å². The van der Waals surface area contributed by atoms with Crippen LogP contribution in [0.5, 0.6) is 5.75 Å². The number of amides is 1. The minimum Gasteiger partial charge on any atom is -0.495 e. The quantitative estimate of drug-likeness (QED) is 0.882. The summed E-state index contributed by atoms with van der Waals surface area (Å²) in [5.74, 6) is 0.974. The Morgan fingerprint density at radius 2 is 2.05 bits per heavy atom. The van der Waals surface area contributed by atoms with E-state index in [-0.39, 0.29) is 11.1 Å². The van der Waals surface area contributed by atoms with E-state index in [9.17, 15) is 4.79 Å². The number of nitrogens with one attached hydrogen (secondary N) is 1.